The van der Waals surface area contributed by atoms with E-state index in [1.54, 1.807) is 24.4 Å². The number of rotatable bonds is 4. The van der Waals surface area contributed by atoms with Gasteiger partial charge in [0.2, 0.25) is 5.88 Å². The van der Waals surface area contributed by atoms with Gasteiger partial charge in [0.1, 0.15) is 28.9 Å². The van der Waals surface area contributed by atoms with Crippen LogP contribution in [0.3, 0.4) is 0 Å². The molecule has 0 spiro atoms. The monoisotopic (exact) mass is 433 g/mol. The molecular formula is C26H19N5O2. The third-order valence-corrected chi connectivity index (χ3v) is 5.20. The van der Waals surface area contributed by atoms with Gasteiger partial charge in [-0.15, -0.1) is 0 Å². The molecule has 1 N–H and O–H groups in total. The Hall–Kier alpha value is -4.70. The first-order chi connectivity index (χ1) is 16.0. The number of nitriles is 1. The lowest BCUT2D eigenvalue weighted by Gasteiger charge is -2.11. The summed E-state index contributed by atoms with van der Waals surface area (Å²) in [5.74, 6) is 1.06. The average Bonchev–Trinajstić information content (AvgIpc) is 3.22. The van der Waals surface area contributed by atoms with Crippen LogP contribution in [-0.2, 0) is 0 Å². The number of nitrogens with one attached hydrogen (secondary N) is 1. The number of nitrogens with zero attached hydrogens (tertiary/aromatic N) is 4. The van der Waals surface area contributed by atoms with Gasteiger partial charge in [-0.05, 0) is 67.4 Å². The van der Waals surface area contributed by atoms with Crippen LogP contribution in [0.2, 0.25) is 0 Å². The maximum Gasteiger partial charge on any atom is 0.269 e. The highest BCUT2D eigenvalue weighted by molar-refractivity contribution is 5.91. The minimum absolute atomic E-state index is 0.125. The van der Waals surface area contributed by atoms with Crippen molar-refractivity contribution < 1.29 is 4.74 Å². The number of H-pyrrole nitrogens is 1. The van der Waals surface area contributed by atoms with Crippen molar-refractivity contribution in [3.63, 3.8) is 0 Å². The zero-order chi connectivity index (χ0) is 22.9. The topological polar surface area (TPSA) is 96.1 Å². The number of aromatic amines is 1. The van der Waals surface area contributed by atoms with Gasteiger partial charge < -0.3 is 9.72 Å². The van der Waals surface area contributed by atoms with Crippen LogP contribution in [0.25, 0.3) is 28.3 Å². The highest BCUT2D eigenvalue weighted by Crippen LogP contribution is 2.27. The standard InChI is InChI=1S/C26H19N5O2/c1-16-11-17(2)13-19(12-16)33-25-20(26(32)31-10-6-5-9-23(31)30-25)14-18(15-27)24-28-21-7-3-4-8-22(21)29-24/h3-14H,1-2H3,(H,28,29). The first-order valence-electron chi connectivity index (χ1n) is 10.4. The molecule has 0 aliphatic rings. The summed E-state index contributed by atoms with van der Waals surface area (Å²) in [6.45, 7) is 3.94. The Morgan fingerprint density at radius 2 is 1.82 bits per heavy atom. The summed E-state index contributed by atoms with van der Waals surface area (Å²) in [6, 6.07) is 20.7. The molecular weight excluding hydrogens is 414 g/mol. The van der Waals surface area contributed by atoms with Gasteiger partial charge in [-0.2, -0.15) is 10.2 Å². The number of benzene rings is 2. The quantitative estimate of drug-likeness (QED) is 0.400. The summed E-state index contributed by atoms with van der Waals surface area (Å²) in [5, 5.41) is 9.88. The molecule has 3 heterocycles. The summed E-state index contributed by atoms with van der Waals surface area (Å²) in [6.07, 6.45) is 3.11. The van der Waals surface area contributed by atoms with Crippen LogP contribution in [-0.4, -0.2) is 19.4 Å². The molecule has 5 rings (SSSR count). The van der Waals surface area contributed by atoms with E-state index in [2.05, 4.69) is 21.0 Å². The molecule has 0 bridgehead atoms. The van der Waals surface area contributed by atoms with E-state index < -0.39 is 0 Å². The summed E-state index contributed by atoms with van der Waals surface area (Å²) in [7, 11) is 0. The van der Waals surface area contributed by atoms with Gasteiger partial charge in [-0.3, -0.25) is 9.20 Å². The molecule has 0 aliphatic carbocycles. The Kier molecular flexibility index (Phi) is 4.96. The van der Waals surface area contributed by atoms with E-state index in [4.69, 9.17) is 4.74 Å². The fourth-order valence-electron chi connectivity index (χ4n) is 3.77. The number of aryl methyl sites for hydroxylation is 2. The van der Waals surface area contributed by atoms with Crippen LogP contribution < -0.4 is 10.3 Å². The van der Waals surface area contributed by atoms with Crippen LogP contribution in [0.5, 0.6) is 11.6 Å². The summed E-state index contributed by atoms with van der Waals surface area (Å²) in [5.41, 5.74) is 4.05. The summed E-state index contributed by atoms with van der Waals surface area (Å²) in [4.78, 5) is 25.6. The molecule has 0 unspecified atom stereocenters. The van der Waals surface area contributed by atoms with E-state index in [1.165, 1.54) is 10.5 Å². The number of ether oxygens (including phenoxy) is 1. The predicted octanol–water partition coefficient (Wildman–Crippen LogP) is 5.04. The zero-order valence-electron chi connectivity index (χ0n) is 18.0. The number of hydrogen-bond acceptors (Lipinski definition) is 5. The lowest BCUT2D eigenvalue weighted by atomic mass is 10.1. The van der Waals surface area contributed by atoms with Crippen molar-refractivity contribution in [1.82, 2.24) is 19.4 Å². The molecule has 0 saturated heterocycles. The van der Waals surface area contributed by atoms with Crippen LogP contribution in [0, 0.1) is 25.2 Å². The van der Waals surface area contributed by atoms with Gasteiger partial charge in [0.25, 0.3) is 5.56 Å². The van der Waals surface area contributed by atoms with Crippen LogP contribution in [0.15, 0.2) is 71.7 Å². The maximum atomic E-state index is 13.4. The molecule has 7 heteroatoms. The second-order valence-corrected chi connectivity index (χ2v) is 7.76. The molecule has 0 amide bonds. The van der Waals surface area contributed by atoms with Crippen molar-refractivity contribution in [3.8, 4) is 17.7 Å². The minimum atomic E-state index is -0.344. The van der Waals surface area contributed by atoms with Gasteiger partial charge in [-0.1, -0.05) is 24.3 Å². The van der Waals surface area contributed by atoms with Gasteiger partial charge in [0, 0.05) is 6.20 Å². The second-order valence-electron chi connectivity index (χ2n) is 7.76. The van der Waals surface area contributed by atoms with Gasteiger partial charge in [-0.25, -0.2) is 4.98 Å². The Labute approximate surface area is 189 Å². The van der Waals surface area contributed by atoms with Crippen LogP contribution in [0.4, 0.5) is 0 Å². The number of pyridine rings is 1. The molecule has 33 heavy (non-hydrogen) atoms. The SMILES string of the molecule is Cc1cc(C)cc(Oc2nc3ccccn3c(=O)c2C=C(C#N)c2nc3ccccc3[nH]2)c1. The second kappa shape index (κ2) is 8.09. The smallest absolute Gasteiger partial charge is 0.269 e. The predicted molar refractivity (Wildman–Crippen MR) is 127 cm³/mol. The lowest BCUT2D eigenvalue weighted by molar-refractivity contribution is 0.460. The van der Waals surface area contributed by atoms with Crippen molar-refractivity contribution in [3.05, 3.63) is 99.7 Å². The minimum Gasteiger partial charge on any atom is -0.438 e. The molecule has 7 nitrogen and oxygen atoms in total. The first kappa shape index (κ1) is 20.2. The van der Waals surface area contributed by atoms with E-state index >= 15 is 0 Å². The van der Waals surface area contributed by atoms with Gasteiger partial charge in [0.05, 0.1) is 16.6 Å². The van der Waals surface area contributed by atoms with Gasteiger partial charge in [0.15, 0.2) is 0 Å². The van der Waals surface area contributed by atoms with Crippen LogP contribution in [0.1, 0.15) is 22.5 Å². The molecule has 0 radical (unpaired) electrons. The number of aromatic nitrogens is 4. The fraction of sp³-hybridized carbons (Fsp3) is 0.0769. The largest absolute Gasteiger partial charge is 0.438 e. The van der Waals surface area contributed by atoms with E-state index in [0.29, 0.717) is 17.2 Å². The van der Waals surface area contributed by atoms with Crippen molar-refractivity contribution in [2.24, 2.45) is 0 Å². The van der Waals surface area contributed by atoms with E-state index in [-0.39, 0.29) is 22.6 Å². The normalized spacial score (nSPS) is 11.6. The Balaban J connectivity index is 1.71. The number of imidazole rings is 1. The number of para-hydroxylation sites is 2. The molecule has 0 atom stereocenters. The first-order valence-corrected chi connectivity index (χ1v) is 10.4. The summed E-state index contributed by atoms with van der Waals surface area (Å²) < 4.78 is 7.52. The third-order valence-electron chi connectivity index (χ3n) is 5.20. The Morgan fingerprint density at radius 3 is 2.58 bits per heavy atom. The van der Waals surface area contributed by atoms with Gasteiger partial charge >= 0.3 is 0 Å². The van der Waals surface area contributed by atoms with Crippen molar-refractivity contribution >= 4 is 28.3 Å². The highest BCUT2D eigenvalue weighted by atomic mass is 16.5. The van der Waals surface area contributed by atoms with Crippen molar-refractivity contribution in [2.45, 2.75) is 13.8 Å². The summed E-state index contributed by atoms with van der Waals surface area (Å²) >= 11 is 0. The number of allylic oxidation sites excluding steroid dienone is 1. The molecule has 3 aromatic heterocycles. The lowest BCUT2D eigenvalue weighted by Crippen LogP contribution is -2.18. The maximum absolute atomic E-state index is 13.4. The molecule has 0 saturated carbocycles. The number of hydrogen-bond donors (Lipinski definition) is 1. The van der Waals surface area contributed by atoms with E-state index in [1.807, 2.05) is 56.3 Å². The molecule has 160 valence electrons. The Morgan fingerprint density at radius 1 is 1.06 bits per heavy atom. The Bertz CT molecular complexity index is 1600. The third kappa shape index (κ3) is 3.86. The molecule has 2 aromatic carbocycles. The zero-order valence-corrected chi connectivity index (χ0v) is 18.0. The fourth-order valence-corrected chi connectivity index (χ4v) is 3.77. The van der Waals surface area contributed by atoms with E-state index in [9.17, 15) is 10.1 Å². The van der Waals surface area contributed by atoms with E-state index in [0.717, 1.165) is 22.2 Å². The molecule has 0 fully saturated rings. The molecule has 5 aromatic rings. The highest BCUT2D eigenvalue weighted by Gasteiger charge is 2.17. The van der Waals surface area contributed by atoms with Crippen molar-refractivity contribution in [2.75, 3.05) is 0 Å². The molecule has 0 aliphatic heterocycles. The van der Waals surface area contributed by atoms with Crippen LogP contribution >= 0.6 is 0 Å². The van der Waals surface area contributed by atoms with Crippen molar-refractivity contribution in [1.29, 1.82) is 5.26 Å². The average molecular weight is 433 g/mol. The number of fused-ring (bicyclic) bond motifs is 2.